The van der Waals surface area contributed by atoms with E-state index in [2.05, 4.69) is 68.6 Å². The van der Waals surface area contributed by atoms with E-state index in [-0.39, 0.29) is 0 Å². The summed E-state index contributed by atoms with van der Waals surface area (Å²) in [5, 5.41) is 2.64. The van der Waals surface area contributed by atoms with Crippen LogP contribution in [0.15, 0.2) is 48.5 Å². The average molecular weight is 193 g/mol. The highest BCUT2D eigenvalue weighted by Gasteiger charge is 2.03. The third-order valence-corrected chi connectivity index (χ3v) is 3.17. The van der Waals surface area contributed by atoms with Crippen LogP contribution in [0, 0.1) is 0 Å². The summed E-state index contributed by atoms with van der Waals surface area (Å²) in [7, 11) is 0. The fourth-order valence-corrected chi connectivity index (χ4v) is 2.40. The normalized spacial score (nSPS) is 11.1. The predicted octanol–water partition coefficient (Wildman–Crippen LogP) is 2.73. The first kappa shape index (κ1) is 8.11. The van der Waals surface area contributed by atoms with Crippen LogP contribution in [-0.2, 0) is 0 Å². The van der Waals surface area contributed by atoms with Gasteiger partial charge in [-0.3, -0.25) is 0 Å². The average Bonchev–Trinajstić information content (AvgIpc) is 2.55. The SMILES string of the molecule is [Al][n]1c2ccccc2c2ccccc21. The van der Waals surface area contributed by atoms with Crippen LogP contribution in [0.2, 0.25) is 0 Å². The summed E-state index contributed by atoms with van der Waals surface area (Å²) in [6.07, 6.45) is 0. The molecule has 0 aliphatic carbocycles. The molecule has 1 heterocycles. The van der Waals surface area contributed by atoms with E-state index in [9.17, 15) is 0 Å². The Morgan fingerprint density at radius 3 is 1.64 bits per heavy atom. The van der Waals surface area contributed by atoms with E-state index >= 15 is 0 Å². The fourth-order valence-electron chi connectivity index (χ4n) is 1.95. The van der Waals surface area contributed by atoms with Gasteiger partial charge in [-0.2, -0.15) is 0 Å². The molecule has 0 saturated carbocycles. The van der Waals surface area contributed by atoms with Crippen molar-refractivity contribution in [2.45, 2.75) is 0 Å². The van der Waals surface area contributed by atoms with Crippen LogP contribution in [0.4, 0.5) is 0 Å². The van der Waals surface area contributed by atoms with E-state index in [0.717, 1.165) is 0 Å². The van der Waals surface area contributed by atoms with E-state index in [1.54, 1.807) is 0 Å². The maximum atomic E-state index is 2.76. The highest BCUT2D eigenvalue weighted by atomic mass is 27.1. The van der Waals surface area contributed by atoms with Gasteiger partial charge in [0.1, 0.15) is 0 Å². The molecule has 0 fully saturated rings. The van der Waals surface area contributed by atoms with Crippen LogP contribution in [-0.4, -0.2) is 20.1 Å². The van der Waals surface area contributed by atoms with Gasteiger partial charge in [0.15, 0.2) is 0 Å². The number of aromatic nitrogens is 1. The molecule has 1 nitrogen and oxygen atoms in total. The maximum Gasteiger partial charge on any atom is 0.318 e. The molecule has 0 bridgehead atoms. The summed E-state index contributed by atoms with van der Waals surface area (Å²) in [5.41, 5.74) is 2.53. The molecule has 2 radical (unpaired) electrons. The predicted molar refractivity (Wildman–Crippen MR) is 60.6 cm³/mol. The number of nitrogens with zero attached hydrogens (tertiary/aromatic N) is 1. The number of hydrogen-bond acceptors (Lipinski definition) is 0. The highest BCUT2D eigenvalue weighted by Crippen LogP contribution is 2.26. The van der Waals surface area contributed by atoms with E-state index in [0.29, 0.717) is 0 Å². The molecule has 0 aliphatic rings. The molecule has 0 aliphatic heterocycles. The Kier molecular flexibility index (Phi) is 1.67. The molecule has 0 spiro atoms. The van der Waals surface area contributed by atoms with Gasteiger partial charge in [0.25, 0.3) is 0 Å². The highest BCUT2D eigenvalue weighted by molar-refractivity contribution is 6.21. The lowest BCUT2D eigenvalue weighted by molar-refractivity contribution is 1.39. The Morgan fingerprint density at radius 1 is 0.714 bits per heavy atom. The van der Waals surface area contributed by atoms with Crippen LogP contribution in [0.5, 0.6) is 0 Å². The molecule has 64 valence electrons. The first-order valence-corrected chi connectivity index (χ1v) is 5.13. The minimum absolute atomic E-state index is 1.26. The van der Waals surface area contributed by atoms with Crippen molar-refractivity contribution in [2.24, 2.45) is 0 Å². The van der Waals surface area contributed by atoms with Crippen LogP contribution in [0.25, 0.3) is 21.8 Å². The Bertz CT molecular complexity index is 557. The molecule has 0 saturated heterocycles. The molecular formula is C12H8AlN. The van der Waals surface area contributed by atoms with Gasteiger partial charge < -0.3 is 3.55 Å². The zero-order chi connectivity index (χ0) is 9.54. The topological polar surface area (TPSA) is 4.93 Å². The lowest BCUT2D eigenvalue weighted by Crippen LogP contribution is -1.88. The minimum Gasteiger partial charge on any atom is -0.452 e. The van der Waals surface area contributed by atoms with Crippen molar-refractivity contribution in [2.75, 3.05) is 0 Å². The standard InChI is InChI=1S/C12H8N.Al/c1-3-7-11-9(5-1)10-6-2-4-8-12(10)13-11;/h1-8H;/q-1;+1. The third kappa shape index (κ3) is 0.958. The third-order valence-electron chi connectivity index (χ3n) is 2.62. The van der Waals surface area contributed by atoms with Crippen molar-refractivity contribution in [1.82, 2.24) is 3.55 Å². The summed E-state index contributed by atoms with van der Waals surface area (Å²) < 4.78 is 2.16. The second-order valence-corrected chi connectivity index (χ2v) is 3.92. The van der Waals surface area contributed by atoms with Crippen LogP contribution in [0.1, 0.15) is 0 Å². The van der Waals surface area contributed by atoms with Gasteiger partial charge in [-0.05, 0) is 12.1 Å². The van der Waals surface area contributed by atoms with Gasteiger partial charge in [0.2, 0.25) is 0 Å². The Labute approximate surface area is 90.6 Å². The van der Waals surface area contributed by atoms with Crippen molar-refractivity contribution in [3.05, 3.63) is 48.5 Å². The van der Waals surface area contributed by atoms with Gasteiger partial charge in [-0.1, -0.05) is 36.4 Å². The lowest BCUT2D eigenvalue weighted by Gasteiger charge is -1.97. The van der Waals surface area contributed by atoms with Crippen molar-refractivity contribution in [1.29, 1.82) is 0 Å². The minimum atomic E-state index is 1.26. The number of fused-ring (bicyclic) bond motifs is 3. The van der Waals surface area contributed by atoms with Gasteiger partial charge in [0.05, 0.1) is 0 Å². The van der Waals surface area contributed by atoms with E-state index in [1.807, 2.05) is 0 Å². The van der Waals surface area contributed by atoms with Gasteiger partial charge in [0, 0.05) is 21.8 Å². The molecule has 0 unspecified atom stereocenters. The largest absolute Gasteiger partial charge is 0.452 e. The van der Waals surface area contributed by atoms with Crippen LogP contribution < -0.4 is 0 Å². The molecule has 0 atom stereocenters. The monoisotopic (exact) mass is 193 g/mol. The Hall–Kier alpha value is -1.23. The number of para-hydroxylation sites is 2. The summed E-state index contributed by atoms with van der Waals surface area (Å²) >= 11 is 2.76. The molecule has 2 heteroatoms. The van der Waals surface area contributed by atoms with Crippen molar-refractivity contribution < 1.29 is 0 Å². The summed E-state index contributed by atoms with van der Waals surface area (Å²) in [5.74, 6) is 0. The molecule has 2 aromatic carbocycles. The Morgan fingerprint density at radius 2 is 1.14 bits per heavy atom. The smallest absolute Gasteiger partial charge is 0.318 e. The molecular weight excluding hydrogens is 185 g/mol. The van der Waals surface area contributed by atoms with Gasteiger partial charge in [-0.15, -0.1) is 0 Å². The number of benzene rings is 2. The number of hydrogen-bond donors (Lipinski definition) is 0. The van der Waals surface area contributed by atoms with Gasteiger partial charge in [-0.25, -0.2) is 0 Å². The van der Waals surface area contributed by atoms with Crippen LogP contribution in [0.3, 0.4) is 0 Å². The van der Waals surface area contributed by atoms with E-state index in [4.69, 9.17) is 0 Å². The van der Waals surface area contributed by atoms with Crippen molar-refractivity contribution >= 4 is 38.3 Å². The summed E-state index contributed by atoms with van der Waals surface area (Å²) in [6, 6.07) is 16.9. The molecule has 0 amide bonds. The first-order chi connectivity index (χ1) is 6.88. The fraction of sp³-hybridized carbons (Fsp3) is 0. The van der Waals surface area contributed by atoms with Gasteiger partial charge >= 0.3 is 16.5 Å². The molecule has 3 aromatic rings. The second kappa shape index (κ2) is 2.88. The number of rotatable bonds is 0. The van der Waals surface area contributed by atoms with E-state index < -0.39 is 0 Å². The maximum absolute atomic E-state index is 2.76. The zero-order valence-electron chi connectivity index (χ0n) is 7.64. The summed E-state index contributed by atoms with van der Waals surface area (Å²) in [6.45, 7) is 0. The lowest BCUT2D eigenvalue weighted by atomic mass is 10.2. The molecule has 3 rings (SSSR count). The zero-order valence-corrected chi connectivity index (χ0v) is 8.80. The van der Waals surface area contributed by atoms with Crippen LogP contribution >= 0.6 is 0 Å². The second-order valence-electron chi connectivity index (χ2n) is 3.40. The molecule has 0 N–H and O–H groups in total. The van der Waals surface area contributed by atoms with Crippen molar-refractivity contribution in [3.63, 3.8) is 0 Å². The molecule has 14 heavy (non-hydrogen) atoms. The van der Waals surface area contributed by atoms with E-state index in [1.165, 1.54) is 21.8 Å². The van der Waals surface area contributed by atoms with Crippen molar-refractivity contribution in [3.8, 4) is 0 Å². The first-order valence-electron chi connectivity index (χ1n) is 4.61. The quantitative estimate of drug-likeness (QED) is 0.484. The molecule has 1 aromatic heterocycles. The Balaban J connectivity index is 2.69. The summed E-state index contributed by atoms with van der Waals surface area (Å²) in [4.78, 5) is 0.